The Hall–Kier alpha value is -1.85. The molecule has 0 amide bonds. The van der Waals surface area contributed by atoms with Gasteiger partial charge in [-0.1, -0.05) is 6.08 Å². The molecule has 0 saturated carbocycles. The van der Waals surface area contributed by atoms with E-state index >= 15 is 0 Å². The van der Waals surface area contributed by atoms with Gasteiger partial charge in [-0.3, -0.25) is 4.79 Å². The third-order valence-electron chi connectivity index (χ3n) is 3.05. The second-order valence-electron chi connectivity index (χ2n) is 4.38. The van der Waals surface area contributed by atoms with Gasteiger partial charge in [0.15, 0.2) is 5.78 Å². The zero-order valence-electron chi connectivity index (χ0n) is 10.4. The zero-order valence-corrected chi connectivity index (χ0v) is 10.4. The standard InChI is InChI=1S/C13H13F3N2O/c1-9(19)10-2-3-12(17-8-10)18-6-4-11(5-7-18)13(14,15)16/h2-4,8H,5-7H2,1H3. The minimum Gasteiger partial charge on any atom is -0.353 e. The van der Waals surface area contributed by atoms with E-state index < -0.39 is 11.7 Å². The predicted octanol–water partition coefficient (Wildman–Crippen LogP) is 2.98. The number of hydrogen-bond acceptors (Lipinski definition) is 3. The van der Waals surface area contributed by atoms with Crippen LogP contribution in [0.15, 0.2) is 30.0 Å². The van der Waals surface area contributed by atoms with E-state index in [-0.39, 0.29) is 25.3 Å². The smallest absolute Gasteiger partial charge is 0.353 e. The molecule has 1 aliphatic heterocycles. The SMILES string of the molecule is CC(=O)c1ccc(N2CC=C(C(F)(F)F)CC2)nc1. The highest BCUT2D eigenvalue weighted by Crippen LogP contribution is 2.31. The summed E-state index contributed by atoms with van der Waals surface area (Å²) in [5.41, 5.74) is 0.0105. The fraction of sp³-hybridized carbons (Fsp3) is 0.385. The van der Waals surface area contributed by atoms with E-state index in [9.17, 15) is 18.0 Å². The van der Waals surface area contributed by atoms with Gasteiger partial charge in [0.05, 0.1) is 0 Å². The van der Waals surface area contributed by atoms with Crippen molar-refractivity contribution in [1.29, 1.82) is 0 Å². The fourth-order valence-corrected chi connectivity index (χ4v) is 1.92. The maximum absolute atomic E-state index is 12.5. The number of ketones is 1. The van der Waals surface area contributed by atoms with Crippen LogP contribution in [0.2, 0.25) is 0 Å². The van der Waals surface area contributed by atoms with Gasteiger partial charge in [0.2, 0.25) is 0 Å². The summed E-state index contributed by atoms with van der Waals surface area (Å²) in [6.07, 6.45) is -1.65. The van der Waals surface area contributed by atoms with Crippen molar-refractivity contribution in [3.8, 4) is 0 Å². The molecule has 0 fully saturated rings. The van der Waals surface area contributed by atoms with Crippen LogP contribution in [-0.4, -0.2) is 30.0 Å². The van der Waals surface area contributed by atoms with E-state index in [0.717, 1.165) is 0 Å². The molecular weight excluding hydrogens is 257 g/mol. The minimum absolute atomic E-state index is 0.0420. The molecule has 0 saturated heterocycles. The molecule has 1 aromatic rings. The van der Waals surface area contributed by atoms with Crippen LogP contribution in [0, 0.1) is 0 Å². The molecule has 0 radical (unpaired) electrons. The quantitative estimate of drug-likeness (QED) is 0.612. The number of aromatic nitrogens is 1. The zero-order chi connectivity index (χ0) is 14.0. The Balaban J connectivity index is 2.09. The third kappa shape index (κ3) is 3.13. The number of hydrogen-bond donors (Lipinski definition) is 0. The van der Waals surface area contributed by atoms with Gasteiger partial charge in [0.25, 0.3) is 0 Å². The van der Waals surface area contributed by atoms with E-state index in [0.29, 0.717) is 11.4 Å². The summed E-state index contributed by atoms with van der Waals surface area (Å²) < 4.78 is 37.4. The van der Waals surface area contributed by atoms with Crippen LogP contribution >= 0.6 is 0 Å². The first kappa shape index (κ1) is 13.6. The highest BCUT2D eigenvalue weighted by molar-refractivity contribution is 5.93. The van der Waals surface area contributed by atoms with Crippen molar-refractivity contribution in [2.24, 2.45) is 0 Å². The summed E-state index contributed by atoms with van der Waals surface area (Å²) in [7, 11) is 0. The van der Waals surface area contributed by atoms with Gasteiger partial charge in [-0.25, -0.2) is 4.98 Å². The van der Waals surface area contributed by atoms with Crippen LogP contribution in [0.4, 0.5) is 19.0 Å². The predicted molar refractivity (Wildman–Crippen MR) is 65.2 cm³/mol. The molecule has 102 valence electrons. The Morgan fingerprint density at radius 3 is 2.53 bits per heavy atom. The Morgan fingerprint density at radius 2 is 2.11 bits per heavy atom. The number of anilines is 1. The Labute approximate surface area is 108 Å². The summed E-state index contributed by atoms with van der Waals surface area (Å²) >= 11 is 0. The number of nitrogens with zero attached hydrogens (tertiary/aromatic N) is 2. The van der Waals surface area contributed by atoms with Crippen LogP contribution in [0.25, 0.3) is 0 Å². The lowest BCUT2D eigenvalue weighted by Crippen LogP contribution is -2.32. The van der Waals surface area contributed by atoms with Gasteiger partial charge in [0.1, 0.15) is 5.82 Å². The molecule has 1 aromatic heterocycles. The number of Topliss-reactive ketones (excluding diaryl/α,β-unsaturated/α-hetero) is 1. The lowest BCUT2D eigenvalue weighted by molar-refractivity contribution is -0.0944. The van der Waals surface area contributed by atoms with Crippen molar-refractivity contribution in [1.82, 2.24) is 4.98 Å². The summed E-state index contributed by atoms with van der Waals surface area (Å²) in [4.78, 5) is 17.0. The second-order valence-corrected chi connectivity index (χ2v) is 4.38. The molecule has 19 heavy (non-hydrogen) atoms. The van der Waals surface area contributed by atoms with Crippen molar-refractivity contribution in [2.45, 2.75) is 19.5 Å². The van der Waals surface area contributed by atoms with E-state index in [1.165, 1.54) is 19.2 Å². The van der Waals surface area contributed by atoms with Crippen molar-refractivity contribution >= 4 is 11.6 Å². The second kappa shape index (κ2) is 5.03. The number of pyridine rings is 1. The molecule has 1 aliphatic rings. The Morgan fingerprint density at radius 1 is 1.37 bits per heavy atom. The topological polar surface area (TPSA) is 33.2 Å². The number of alkyl halides is 3. The lowest BCUT2D eigenvalue weighted by Gasteiger charge is -2.28. The van der Waals surface area contributed by atoms with Crippen LogP contribution < -0.4 is 4.90 Å². The summed E-state index contributed by atoms with van der Waals surface area (Å²) in [5.74, 6) is 0.499. The average molecular weight is 270 g/mol. The van der Waals surface area contributed by atoms with Crippen molar-refractivity contribution in [3.63, 3.8) is 0 Å². The van der Waals surface area contributed by atoms with Crippen molar-refractivity contribution in [2.75, 3.05) is 18.0 Å². The molecule has 6 heteroatoms. The summed E-state index contributed by atoms with van der Waals surface area (Å²) in [6, 6.07) is 3.29. The number of carbonyl (C=O) groups is 1. The Kier molecular flexibility index (Phi) is 3.59. The molecule has 0 N–H and O–H groups in total. The number of rotatable bonds is 2. The van der Waals surface area contributed by atoms with Gasteiger partial charge in [0, 0.05) is 30.4 Å². The molecule has 0 unspecified atom stereocenters. The van der Waals surface area contributed by atoms with Gasteiger partial charge in [-0.15, -0.1) is 0 Å². The molecule has 0 aliphatic carbocycles. The molecule has 0 atom stereocenters. The monoisotopic (exact) mass is 270 g/mol. The fourth-order valence-electron chi connectivity index (χ4n) is 1.92. The van der Waals surface area contributed by atoms with E-state index in [4.69, 9.17) is 0 Å². The minimum atomic E-state index is -4.24. The molecular formula is C13H13F3N2O. The summed E-state index contributed by atoms with van der Waals surface area (Å²) in [5, 5.41) is 0. The lowest BCUT2D eigenvalue weighted by atomic mass is 10.1. The van der Waals surface area contributed by atoms with Gasteiger partial charge >= 0.3 is 6.18 Å². The largest absolute Gasteiger partial charge is 0.412 e. The molecule has 0 spiro atoms. The molecule has 0 aromatic carbocycles. The van der Waals surface area contributed by atoms with Crippen LogP contribution in [0.5, 0.6) is 0 Å². The van der Waals surface area contributed by atoms with E-state index in [2.05, 4.69) is 4.98 Å². The number of halogens is 3. The van der Waals surface area contributed by atoms with E-state index in [1.54, 1.807) is 17.0 Å². The molecule has 3 nitrogen and oxygen atoms in total. The normalized spacial score (nSPS) is 16.2. The van der Waals surface area contributed by atoms with Crippen molar-refractivity contribution in [3.05, 3.63) is 35.5 Å². The van der Waals surface area contributed by atoms with Gasteiger partial charge in [-0.2, -0.15) is 13.2 Å². The molecule has 0 bridgehead atoms. The maximum atomic E-state index is 12.5. The highest BCUT2D eigenvalue weighted by atomic mass is 19.4. The molecule has 2 rings (SSSR count). The first-order valence-electron chi connectivity index (χ1n) is 5.86. The molecule has 2 heterocycles. The Bertz CT molecular complexity index is 506. The van der Waals surface area contributed by atoms with Crippen molar-refractivity contribution < 1.29 is 18.0 Å². The van der Waals surface area contributed by atoms with Gasteiger partial charge in [-0.05, 0) is 25.5 Å². The van der Waals surface area contributed by atoms with Crippen LogP contribution in [-0.2, 0) is 0 Å². The first-order chi connectivity index (χ1) is 8.88. The number of carbonyl (C=O) groups excluding carboxylic acids is 1. The third-order valence-corrected chi connectivity index (χ3v) is 3.05. The van der Waals surface area contributed by atoms with E-state index in [1.807, 2.05) is 0 Å². The van der Waals surface area contributed by atoms with Crippen LogP contribution in [0.1, 0.15) is 23.7 Å². The average Bonchev–Trinajstić information content (AvgIpc) is 2.38. The highest BCUT2D eigenvalue weighted by Gasteiger charge is 2.34. The van der Waals surface area contributed by atoms with Gasteiger partial charge < -0.3 is 4.90 Å². The summed E-state index contributed by atoms with van der Waals surface area (Å²) in [6.45, 7) is 1.90. The van der Waals surface area contributed by atoms with Crippen LogP contribution in [0.3, 0.4) is 0 Å². The maximum Gasteiger partial charge on any atom is 0.412 e. The first-order valence-corrected chi connectivity index (χ1v) is 5.86.